The Morgan fingerprint density at radius 2 is 1.85 bits per heavy atom. The Balaban J connectivity index is 1.37. The number of aromatic nitrogens is 1. The number of hydrogen-bond acceptors (Lipinski definition) is 3. The van der Waals surface area contributed by atoms with E-state index in [1.807, 2.05) is 11.0 Å². The maximum Gasteiger partial charge on any atom is 0.270 e. The Morgan fingerprint density at radius 3 is 2.54 bits per heavy atom. The van der Waals surface area contributed by atoms with Gasteiger partial charge >= 0.3 is 0 Å². The molecule has 4 rings (SSSR count). The lowest BCUT2D eigenvalue weighted by Gasteiger charge is -2.34. The largest absolute Gasteiger partial charge is 0.352 e. The molecule has 0 unspecified atom stereocenters. The monoisotopic (exact) mass is 354 g/mol. The molecule has 26 heavy (non-hydrogen) atoms. The fourth-order valence-corrected chi connectivity index (χ4v) is 3.70. The highest BCUT2D eigenvalue weighted by Crippen LogP contribution is 2.22. The first-order valence-electron chi connectivity index (χ1n) is 9.40. The molecule has 0 radical (unpaired) electrons. The summed E-state index contributed by atoms with van der Waals surface area (Å²) in [6.07, 6.45) is 2.22. The van der Waals surface area contributed by atoms with Gasteiger partial charge in [-0.25, -0.2) is 0 Å². The maximum absolute atomic E-state index is 12.8. The molecule has 2 aromatic rings. The van der Waals surface area contributed by atoms with Gasteiger partial charge in [0.1, 0.15) is 5.69 Å². The molecule has 1 aromatic heterocycles. The van der Waals surface area contributed by atoms with Gasteiger partial charge in [-0.3, -0.25) is 14.5 Å². The van der Waals surface area contributed by atoms with Crippen molar-refractivity contribution in [2.75, 3.05) is 32.7 Å². The van der Waals surface area contributed by atoms with Crippen molar-refractivity contribution in [1.29, 1.82) is 0 Å². The average Bonchev–Trinajstić information content (AvgIpc) is 3.30. The van der Waals surface area contributed by atoms with E-state index in [4.69, 9.17) is 0 Å². The van der Waals surface area contributed by atoms with Gasteiger partial charge in [0, 0.05) is 43.1 Å². The molecule has 2 aliphatic rings. The number of amides is 2. The molecule has 2 N–H and O–H groups in total. The third-order valence-corrected chi connectivity index (χ3v) is 5.29. The number of nitrogens with zero attached hydrogens (tertiary/aromatic N) is 2. The van der Waals surface area contributed by atoms with Crippen molar-refractivity contribution in [2.24, 2.45) is 0 Å². The van der Waals surface area contributed by atoms with Crippen LogP contribution in [0, 0.1) is 13.8 Å². The summed E-state index contributed by atoms with van der Waals surface area (Å²) >= 11 is 0. The molecular formula is C20H26N4O2. The lowest BCUT2D eigenvalue weighted by Crippen LogP contribution is -2.51. The highest BCUT2D eigenvalue weighted by molar-refractivity contribution is 5.99. The molecule has 1 saturated heterocycles. The molecule has 1 aliphatic carbocycles. The molecule has 1 aliphatic heterocycles. The highest BCUT2D eigenvalue weighted by atomic mass is 16.2. The van der Waals surface area contributed by atoms with Gasteiger partial charge in [0.05, 0.1) is 6.54 Å². The van der Waals surface area contributed by atoms with Gasteiger partial charge < -0.3 is 15.2 Å². The number of carbonyl (C=O) groups is 2. The normalized spacial score (nSPS) is 18.3. The molecular weight excluding hydrogens is 328 g/mol. The van der Waals surface area contributed by atoms with Crippen LogP contribution in [0.5, 0.6) is 0 Å². The smallest absolute Gasteiger partial charge is 0.270 e. The topological polar surface area (TPSA) is 68.4 Å². The summed E-state index contributed by atoms with van der Waals surface area (Å²) in [6.45, 7) is 7.36. The zero-order valence-corrected chi connectivity index (χ0v) is 15.5. The van der Waals surface area contributed by atoms with E-state index >= 15 is 0 Å². The number of rotatable bonds is 4. The zero-order valence-electron chi connectivity index (χ0n) is 15.5. The lowest BCUT2D eigenvalue weighted by molar-refractivity contribution is -0.122. The Hall–Kier alpha value is -2.34. The number of H-pyrrole nitrogens is 1. The minimum Gasteiger partial charge on any atom is -0.352 e. The fraction of sp³-hybridized carbons (Fsp3) is 0.500. The van der Waals surface area contributed by atoms with Crippen LogP contribution in [0.15, 0.2) is 18.2 Å². The number of aryl methyl sites for hydroxylation is 2. The van der Waals surface area contributed by atoms with Crippen LogP contribution in [0.4, 0.5) is 0 Å². The zero-order chi connectivity index (χ0) is 18.3. The van der Waals surface area contributed by atoms with Gasteiger partial charge in [-0.05, 0) is 49.9 Å². The summed E-state index contributed by atoms with van der Waals surface area (Å²) in [5.41, 5.74) is 4.03. The van der Waals surface area contributed by atoms with Crippen LogP contribution in [0.2, 0.25) is 0 Å². The molecule has 2 amide bonds. The van der Waals surface area contributed by atoms with Crippen LogP contribution in [0.25, 0.3) is 10.9 Å². The van der Waals surface area contributed by atoms with Crippen LogP contribution in [-0.2, 0) is 4.79 Å². The minimum absolute atomic E-state index is 0.0420. The van der Waals surface area contributed by atoms with Crippen LogP contribution in [0.1, 0.15) is 34.5 Å². The van der Waals surface area contributed by atoms with E-state index in [0.29, 0.717) is 31.4 Å². The van der Waals surface area contributed by atoms with Crippen molar-refractivity contribution in [3.05, 3.63) is 35.0 Å². The van der Waals surface area contributed by atoms with Crippen LogP contribution >= 0.6 is 0 Å². The van der Waals surface area contributed by atoms with E-state index < -0.39 is 0 Å². The van der Waals surface area contributed by atoms with Gasteiger partial charge in [0.15, 0.2) is 0 Å². The number of benzene rings is 1. The first-order chi connectivity index (χ1) is 12.5. The van der Waals surface area contributed by atoms with Crippen LogP contribution in [0.3, 0.4) is 0 Å². The van der Waals surface area contributed by atoms with E-state index in [-0.39, 0.29) is 11.8 Å². The maximum atomic E-state index is 12.8. The summed E-state index contributed by atoms with van der Waals surface area (Å²) < 4.78 is 0. The predicted octanol–water partition coefficient (Wildman–Crippen LogP) is 1.82. The van der Waals surface area contributed by atoms with Crippen LogP contribution in [-0.4, -0.2) is 65.4 Å². The van der Waals surface area contributed by atoms with Crippen LogP contribution < -0.4 is 5.32 Å². The Labute approximate surface area is 153 Å². The van der Waals surface area contributed by atoms with E-state index in [1.54, 1.807) is 0 Å². The lowest BCUT2D eigenvalue weighted by atomic mass is 10.1. The van der Waals surface area contributed by atoms with Crippen molar-refractivity contribution in [2.45, 2.75) is 32.7 Å². The molecule has 2 heterocycles. The van der Waals surface area contributed by atoms with Crippen molar-refractivity contribution >= 4 is 22.7 Å². The number of nitrogens with one attached hydrogen (secondary N) is 2. The molecule has 6 nitrogen and oxygen atoms in total. The van der Waals surface area contributed by atoms with E-state index in [2.05, 4.69) is 41.2 Å². The SMILES string of the molecule is Cc1cc(C)c2cc(C(=O)N3CCN(CC(=O)NC4CC4)CC3)[nH]c2c1. The molecule has 0 atom stereocenters. The number of piperazine rings is 1. The van der Waals surface area contributed by atoms with Crippen molar-refractivity contribution in [1.82, 2.24) is 20.1 Å². The third kappa shape index (κ3) is 3.60. The molecule has 6 heteroatoms. The van der Waals surface area contributed by atoms with Gasteiger partial charge in [0.2, 0.25) is 5.91 Å². The second-order valence-corrected chi connectivity index (χ2v) is 7.64. The van der Waals surface area contributed by atoms with E-state index in [9.17, 15) is 9.59 Å². The van der Waals surface area contributed by atoms with E-state index in [1.165, 1.54) is 11.1 Å². The first kappa shape index (κ1) is 17.1. The minimum atomic E-state index is 0.0420. The molecule has 1 aromatic carbocycles. The Kier molecular flexibility index (Phi) is 4.44. The number of fused-ring (bicyclic) bond motifs is 1. The summed E-state index contributed by atoms with van der Waals surface area (Å²) in [5, 5.41) is 4.13. The summed E-state index contributed by atoms with van der Waals surface area (Å²) in [7, 11) is 0. The molecule has 1 saturated carbocycles. The third-order valence-electron chi connectivity index (χ3n) is 5.29. The Morgan fingerprint density at radius 1 is 1.12 bits per heavy atom. The fourth-order valence-electron chi connectivity index (χ4n) is 3.70. The summed E-state index contributed by atoms with van der Waals surface area (Å²) in [4.78, 5) is 32.0. The molecule has 2 fully saturated rings. The second-order valence-electron chi connectivity index (χ2n) is 7.64. The molecule has 0 spiro atoms. The average molecular weight is 354 g/mol. The molecule has 138 valence electrons. The van der Waals surface area contributed by atoms with Crippen molar-refractivity contribution in [3.63, 3.8) is 0 Å². The number of aromatic amines is 1. The van der Waals surface area contributed by atoms with Gasteiger partial charge in [-0.2, -0.15) is 0 Å². The van der Waals surface area contributed by atoms with Crippen molar-refractivity contribution < 1.29 is 9.59 Å². The quantitative estimate of drug-likeness (QED) is 0.880. The second kappa shape index (κ2) is 6.76. The van der Waals surface area contributed by atoms with Gasteiger partial charge in [-0.15, -0.1) is 0 Å². The molecule has 0 bridgehead atoms. The first-order valence-corrected chi connectivity index (χ1v) is 9.40. The Bertz CT molecular complexity index is 845. The number of carbonyl (C=O) groups excluding carboxylic acids is 2. The van der Waals surface area contributed by atoms with Gasteiger partial charge in [-0.1, -0.05) is 6.07 Å². The summed E-state index contributed by atoms with van der Waals surface area (Å²) in [6, 6.07) is 6.58. The predicted molar refractivity (Wildman–Crippen MR) is 101 cm³/mol. The summed E-state index contributed by atoms with van der Waals surface area (Å²) in [5.74, 6) is 0.147. The van der Waals surface area contributed by atoms with Gasteiger partial charge in [0.25, 0.3) is 5.91 Å². The van der Waals surface area contributed by atoms with E-state index in [0.717, 1.165) is 36.8 Å². The highest BCUT2D eigenvalue weighted by Gasteiger charge is 2.27. The standard InChI is InChI=1S/C20H26N4O2/c1-13-9-14(2)16-11-18(22-17(16)10-13)20(26)24-7-5-23(6-8-24)12-19(25)21-15-3-4-15/h9-11,15,22H,3-8,12H2,1-2H3,(H,21,25). The van der Waals surface area contributed by atoms with Crippen molar-refractivity contribution in [3.8, 4) is 0 Å². The number of hydrogen-bond donors (Lipinski definition) is 2.